The Kier molecular flexibility index (Phi) is 8.97. The maximum absolute atomic E-state index is 13.5. The summed E-state index contributed by atoms with van der Waals surface area (Å²) in [5.74, 6) is -0.807. The van der Waals surface area contributed by atoms with Crippen molar-refractivity contribution < 1.29 is 18.7 Å². The maximum Gasteiger partial charge on any atom is 0.302 e. The number of esters is 1. The maximum atomic E-state index is 13.5. The Morgan fingerprint density at radius 1 is 1.08 bits per heavy atom. The van der Waals surface area contributed by atoms with Crippen LogP contribution in [0.2, 0.25) is 0 Å². The van der Waals surface area contributed by atoms with E-state index >= 15 is 0 Å². The van der Waals surface area contributed by atoms with Gasteiger partial charge < -0.3 is 15.4 Å². The molecule has 9 nitrogen and oxygen atoms in total. The molecule has 2 N–H and O–H groups in total. The summed E-state index contributed by atoms with van der Waals surface area (Å²) >= 11 is 0. The first kappa shape index (κ1) is 26.4. The van der Waals surface area contributed by atoms with E-state index in [2.05, 4.69) is 27.1 Å². The SMILES string of the molecule is CC(=O)OCC(Cc1ccccc1)N1CCN(C(=O)C(N)Cc2ccc(F)cc2)C(Cn2cncn2)C1. The molecule has 1 fully saturated rings. The first-order valence-corrected chi connectivity index (χ1v) is 12.4. The van der Waals surface area contributed by atoms with E-state index in [1.807, 2.05) is 23.1 Å². The highest BCUT2D eigenvalue weighted by molar-refractivity contribution is 5.82. The highest BCUT2D eigenvalue weighted by Gasteiger charge is 2.36. The van der Waals surface area contributed by atoms with Crippen LogP contribution >= 0.6 is 0 Å². The van der Waals surface area contributed by atoms with Crippen LogP contribution in [0.3, 0.4) is 0 Å². The van der Waals surface area contributed by atoms with Gasteiger partial charge in [-0.05, 0) is 36.1 Å². The van der Waals surface area contributed by atoms with E-state index in [0.717, 1.165) is 11.1 Å². The second-order valence-corrected chi connectivity index (χ2v) is 9.38. The molecular formula is C27H33FN6O3. The molecule has 0 spiro atoms. The Hall–Kier alpha value is -3.63. The Balaban J connectivity index is 1.50. The molecule has 1 amide bonds. The second kappa shape index (κ2) is 12.6. The van der Waals surface area contributed by atoms with E-state index < -0.39 is 6.04 Å². The summed E-state index contributed by atoms with van der Waals surface area (Å²) in [7, 11) is 0. The number of amides is 1. The topological polar surface area (TPSA) is 107 Å². The average Bonchev–Trinajstić information content (AvgIpc) is 3.41. The zero-order chi connectivity index (χ0) is 26.2. The van der Waals surface area contributed by atoms with Crippen molar-refractivity contribution in [2.75, 3.05) is 26.2 Å². The zero-order valence-corrected chi connectivity index (χ0v) is 20.9. The number of aromatic nitrogens is 3. The lowest BCUT2D eigenvalue weighted by atomic mass is 10.0. The highest BCUT2D eigenvalue weighted by atomic mass is 19.1. The van der Waals surface area contributed by atoms with Gasteiger partial charge in [0.15, 0.2) is 0 Å². The van der Waals surface area contributed by atoms with E-state index in [9.17, 15) is 14.0 Å². The largest absolute Gasteiger partial charge is 0.464 e. The summed E-state index contributed by atoms with van der Waals surface area (Å²) < 4.78 is 20.4. The Bertz CT molecular complexity index is 1140. The molecule has 196 valence electrons. The standard InChI is InChI=1S/C27H33FN6O3/c1-20(35)37-17-24(13-21-5-3-2-4-6-21)32-11-12-34(25(15-32)16-33-19-30-18-31-33)27(36)26(29)14-22-7-9-23(28)10-8-22/h2-10,18-19,24-26H,11-17,29H2,1H3. The minimum Gasteiger partial charge on any atom is -0.464 e. The molecule has 1 aromatic heterocycles. The third kappa shape index (κ3) is 7.43. The normalized spacial score (nSPS) is 17.8. The number of carbonyl (C=O) groups excluding carboxylic acids is 2. The molecule has 2 aromatic carbocycles. The van der Waals surface area contributed by atoms with Crippen molar-refractivity contribution in [3.8, 4) is 0 Å². The van der Waals surface area contributed by atoms with Crippen molar-refractivity contribution >= 4 is 11.9 Å². The first-order valence-electron chi connectivity index (χ1n) is 12.4. The number of benzene rings is 2. The fourth-order valence-corrected chi connectivity index (χ4v) is 4.77. The molecule has 1 saturated heterocycles. The summed E-state index contributed by atoms with van der Waals surface area (Å²) in [4.78, 5) is 33.2. The molecule has 10 heteroatoms. The summed E-state index contributed by atoms with van der Waals surface area (Å²) in [6.07, 6.45) is 4.12. The van der Waals surface area contributed by atoms with Gasteiger partial charge in [-0.3, -0.25) is 19.2 Å². The van der Waals surface area contributed by atoms with E-state index in [1.165, 1.54) is 25.4 Å². The highest BCUT2D eigenvalue weighted by Crippen LogP contribution is 2.19. The number of hydrogen-bond acceptors (Lipinski definition) is 7. The molecule has 0 saturated carbocycles. The van der Waals surface area contributed by atoms with E-state index in [4.69, 9.17) is 10.5 Å². The summed E-state index contributed by atoms with van der Waals surface area (Å²) in [5.41, 5.74) is 8.29. The van der Waals surface area contributed by atoms with Gasteiger partial charge in [-0.2, -0.15) is 5.10 Å². The van der Waals surface area contributed by atoms with Crippen LogP contribution in [-0.2, 0) is 33.7 Å². The quantitative estimate of drug-likeness (QED) is 0.415. The lowest BCUT2D eigenvalue weighted by Crippen LogP contribution is -2.62. The molecule has 2 heterocycles. The van der Waals surface area contributed by atoms with E-state index in [1.54, 1.807) is 23.1 Å². The molecule has 37 heavy (non-hydrogen) atoms. The third-order valence-electron chi connectivity index (χ3n) is 6.66. The minimum absolute atomic E-state index is 0.0466. The molecule has 1 aliphatic heterocycles. The number of hydrogen-bond donors (Lipinski definition) is 1. The van der Waals surface area contributed by atoms with Gasteiger partial charge in [0.25, 0.3) is 0 Å². The molecular weight excluding hydrogens is 475 g/mol. The van der Waals surface area contributed by atoms with Gasteiger partial charge in [0.05, 0.1) is 18.6 Å². The van der Waals surface area contributed by atoms with Gasteiger partial charge in [-0.25, -0.2) is 9.37 Å². The van der Waals surface area contributed by atoms with Crippen molar-refractivity contribution in [2.45, 2.75) is 44.4 Å². The summed E-state index contributed by atoms with van der Waals surface area (Å²) in [6, 6.07) is 15.1. The molecule has 0 bridgehead atoms. The van der Waals surface area contributed by atoms with Gasteiger partial charge in [-0.1, -0.05) is 42.5 Å². The van der Waals surface area contributed by atoms with Crippen LogP contribution < -0.4 is 5.73 Å². The van der Waals surface area contributed by atoms with Crippen LogP contribution in [0.25, 0.3) is 0 Å². The Morgan fingerprint density at radius 3 is 2.49 bits per heavy atom. The fourth-order valence-electron chi connectivity index (χ4n) is 4.77. The number of nitrogens with zero attached hydrogens (tertiary/aromatic N) is 5. The predicted molar refractivity (Wildman–Crippen MR) is 136 cm³/mol. The smallest absolute Gasteiger partial charge is 0.302 e. The van der Waals surface area contributed by atoms with Crippen LogP contribution in [-0.4, -0.2) is 80.8 Å². The summed E-state index contributed by atoms with van der Waals surface area (Å²) in [5, 5.41) is 4.24. The summed E-state index contributed by atoms with van der Waals surface area (Å²) in [6.45, 7) is 3.78. The first-order chi connectivity index (χ1) is 17.9. The molecule has 3 aromatic rings. The molecule has 0 aliphatic carbocycles. The number of rotatable bonds is 10. The van der Waals surface area contributed by atoms with Crippen molar-refractivity contribution in [3.63, 3.8) is 0 Å². The number of carbonyl (C=O) groups is 2. The predicted octanol–water partition coefficient (Wildman–Crippen LogP) is 1.67. The van der Waals surface area contributed by atoms with Crippen LogP contribution in [0.5, 0.6) is 0 Å². The van der Waals surface area contributed by atoms with Crippen molar-refractivity contribution in [2.24, 2.45) is 5.73 Å². The molecule has 0 radical (unpaired) electrons. The lowest BCUT2D eigenvalue weighted by molar-refractivity contribution is -0.144. The molecule has 1 aliphatic rings. The Labute approximate surface area is 216 Å². The van der Waals surface area contributed by atoms with Gasteiger partial charge >= 0.3 is 5.97 Å². The van der Waals surface area contributed by atoms with E-state index in [0.29, 0.717) is 39.0 Å². The van der Waals surface area contributed by atoms with Gasteiger partial charge in [0.2, 0.25) is 5.91 Å². The van der Waals surface area contributed by atoms with Gasteiger partial charge in [0, 0.05) is 32.6 Å². The van der Waals surface area contributed by atoms with Crippen molar-refractivity contribution in [1.82, 2.24) is 24.6 Å². The lowest BCUT2D eigenvalue weighted by Gasteiger charge is -2.45. The van der Waals surface area contributed by atoms with Gasteiger partial charge in [0.1, 0.15) is 25.1 Å². The van der Waals surface area contributed by atoms with Crippen LogP contribution in [0.4, 0.5) is 4.39 Å². The van der Waals surface area contributed by atoms with Crippen LogP contribution in [0, 0.1) is 5.82 Å². The second-order valence-electron chi connectivity index (χ2n) is 9.38. The molecule has 4 rings (SSSR count). The average molecular weight is 509 g/mol. The van der Waals surface area contributed by atoms with Crippen LogP contribution in [0.1, 0.15) is 18.1 Å². The minimum atomic E-state index is -0.753. The van der Waals surface area contributed by atoms with Crippen molar-refractivity contribution in [3.05, 3.63) is 84.2 Å². The number of nitrogens with two attached hydrogens (primary N) is 1. The number of ether oxygens (including phenoxy) is 1. The number of halogens is 1. The van der Waals surface area contributed by atoms with E-state index in [-0.39, 0.29) is 36.4 Å². The zero-order valence-electron chi connectivity index (χ0n) is 20.9. The Morgan fingerprint density at radius 2 is 1.81 bits per heavy atom. The molecule has 3 atom stereocenters. The number of piperazine rings is 1. The molecule has 3 unspecified atom stereocenters. The van der Waals surface area contributed by atoms with Crippen LogP contribution in [0.15, 0.2) is 67.3 Å². The van der Waals surface area contributed by atoms with Crippen molar-refractivity contribution in [1.29, 1.82) is 0 Å². The fraction of sp³-hybridized carbons (Fsp3) is 0.407. The third-order valence-corrected chi connectivity index (χ3v) is 6.66. The van der Waals surface area contributed by atoms with Gasteiger partial charge in [-0.15, -0.1) is 0 Å². The monoisotopic (exact) mass is 508 g/mol.